The Morgan fingerprint density at radius 1 is 1.60 bits per heavy atom. The van der Waals surface area contributed by atoms with Crippen LogP contribution in [0.5, 0.6) is 0 Å². The Hall–Kier alpha value is -0.610. The van der Waals surface area contributed by atoms with E-state index >= 15 is 0 Å². The van der Waals surface area contributed by atoms with Gasteiger partial charge in [0.25, 0.3) is 0 Å². The van der Waals surface area contributed by atoms with Crippen molar-refractivity contribution in [3.8, 4) is 0 Å². The van der Waals surface area contributed by atoms with Crippen LogP contribution in [0.15, 0.2) is 0 Å². The second-order valence-corrected chi connectivity index (χ2v) is 4.42. The Kier molecular flexibility index (Phi) is 5.05. The summed E-state index contributed by atoms with van der Waals surface area (Å²) in [6.07, 6.45) is 1.10. The molecule has 0 saturated carbocycles. The van der Waals surface area contributed by atoms with Crippen LogP contribution in [0.1, 0.15) is 20.3 Å². The minimum Gasteiger partial charge on any atom is -0.354 e. The molecular weight excluding hydrogens is 190 g/mol. The normalized spacial score (nSPS) is 28.6. The van der Waals surface area contributed by atoms with E-state index in [0.29, 0.717) is 5.92 Å². The van der Waals surface area contributed by atoms with Gasteiger partial charge < -0.3 is 10.6 Å². The Morgan fingerprint density at radius 3 is 2.93 bits per heavy atom. The molecule has 0 radical (unpaired) electrons. The molecule has 2 atom stereocenters. The Bertz CT molecular complexity index is 208. The molecule has 0 aromatic carbocycles. The van der Waals surface area contributed by atoms with E-state index in [4.69, 9.17) is 0 Å². The van der Waals surface area contributed by atoms with Crippen molar-refractivity contribution in [3.05, 3.63) is 0 Å². The van der Waals surface area contributed by atoms with Crippen LogP contribution in [-0.4, -0.2) is 50.1 Å². The molecule has 1 aliphatic heterocycles. The summed E-state index contributed by atoms with van der Waals surface area (Å²) in [5.74, 6) is 0.713. The second kappa shape index (κ2) is 6.08. The topological polar surface area (TPSA) is 44.4 Å². The first kappa shape index (κ1) is 12.5. The van der Waals surface area contributed by atoms with Crippen LogP contribution in [0.4, 0.5) is 0 Å². The standard InChI is InChI=1S/C11H23N3O/c1-4-5-14-8-9(2)6-13-11(15)10(14)7-12-3/h9-10,12H,4-8H2,1-3H3,(H,13,15). The van der Waals surface area contributed by atoms with E-state index < -0.39 is 0 Å². The summed E-state index contributed by atoms with van der Waals surface area (Å²) >= 11 is 0. The molecule has 0 aliphatic carbocycles. The highest BCUT2D eigenvalue weighted by molar-refractivity contribution is 5.82. The van der Waals surface area contributed by atoms with Gasteiger partial charge in [0.1, 0.15) is 6.04 Å². The maximum absolute atomic E-state index is 11.8. The van der Waals surface area contributed by atoms with Crippen molar-refractivity contribution in [2.75, 3.05) is 33.2 Å². The lowest BCUT2D eigenvalue weighted by atomic mass is 10.1. The molecule has 1 heterocycles. The van der Waals surface area contributed by atoms with Gasteiger partial charge in [-0.15, -0.1) is 0 Å². The molecule has 1 amide bonds. The summed E-state index contributed by atoms with van der Waals surface area (Å²) in [6, 6.07) is -0.0000926. The molecule has 4 heteroatoms. The molecule has 15 heavy (non-hydrogen) atoms. The molecule has 1 rings (SSSR count). The molecule has 4 nitrogen and oxygen atoms in total. The number of nitrogens with one attached hydrogen (secondary N) is 2. The van der Waals surface area contributed by atoms with Gasteiger partial charge in [-0.2, -0.15) is 0 Å². The minimum atomic E-state index is -0.0000926. The number of likely N-dealkylation sites (N-methyl/N-ethyl adjacent to an activating group) is 1. The van der Waals surface area contributed by atoms with Crippen molar-refractivity contribution >= 4 is 5.91 Å². The van der Waals surface area contributed by atoms with Gasteiger partial charge in [0.05, 0.1) is 0 Å². The first-order valence-electron chi connectivity index (χ1n) is 5.85. The van der Waals surface area contributed by atoms with E-state index in [9.17, 15) is 4.79 Å². The highest BCUT2D eigenvalue weighted by Crippen LogP contribution is 2.09. The molecular formula is C11H23N3O. The van der Waals surface area contributed by atoms with Crippen molar-refractivity contribution in [2.45, 2.75) is 26.3 Å². The molecule has 88 valence electrons. The number of hydrogen-bond donors (Lipinski definition) is 2. The van der Waals surface area contributed by atoms with Crippen molar-refractivity contribution < 1.29 is 4.79 Å². The summed E-state index contributed by atoms with van der Waals surface area (Å²) in [6.45, 7) is 7.90. The Morgan fingerprint density at radius 2 is 2.33 bits per heavy atom. The van der Waals surface area contributed by atoms with E-state index in [0.717, 1.165) is 32.6 Å². The van der Waals surface area contributed by atoms with Crippen LogP contribution in [0.2, 0.25) is 0 Å². The molecule has 1 aliphatic rings. The highest BCUT2D eigenvalue weighted by atomic mass is 16.2. The summed E-state index contributed by atoms with van der Waals surface area (Å²) in [4.78, 5) is 14.1. The Labute approximate surface area is 92.4 Å². The lowest BCUT2D eigenvalue weighted by Gasteiger charge is -2.28. The van der Waals surface area contributed by atoms with Gasteiger partial charge in [-0.25, -0.2) is 0 Å². The van der Waals surface area contributed by atoms with E-state index in [2.05, 4.69) is 29.4 Å². The van der Waals surface area contributed by atoms with Gasteiger partial charge in [-0.05, 0) is 25.9 Å². The number of carbonyl (C=O) groups excluding carboxylic acids is 1. The molecule has 0 aromatic heterocycles. The van der Waals surface area contributed by atoms with Crippen molar-refractivity contribution in [1.82, 2.24) is 15.5 Å². The van der Waals surface area contributed by atoms with Crippen LogP contribution < -0.4 is 10.6 Å². The van der Waals surface area contributed by atoms with Gasteiger partial charge in [-0.3, -0.25) is 9.69 Å². The Balaban J connectivity index is 2.68. The van der Waals surface area contributed by atoms with Crippen LogP contribution in [0.25, 0.3) is 0 Å². The zero-order valence-corrected chi connectivity index (χ0v) is 10.0. The summed E-state index contributed by atoms with van der Waals surface area (Å²) in [7, 11) is 1.89. The zero-order valence-electron chi connectivity index (χ0n) is 10.0. The first-order valence-corrected chi connectivity index (χ1v) is 5.85. The number of nitrogens with zero attached hydrogens (tertiary/aromatic N) is 1. The minimum absolute atomic E-state index is 0.0000926. The third-order valence-electron chi connectivity index (χ3n) is 2.82. The predicted octanol–water partition coefficient (Wildman–Crippen LogP) is 0.0523. The van der Waals surface area contributed by atoms with E-state index in [1.807, 2.05) is 7.05 Å². The second-order valence-electron chi connectivity index (χ2n) is 4.42. The predicted molar refractivity (Wildman–Crippen MR) is 61.8 cm³/mol. The van der Waals surface area contributed by atoms with Gasteiger partial charge >= 0.3 is 0 Å². The van der Waals surface area contributed by atoms with Crippen molar-refractivity contribution in [2.24, 2.45) is 5.92 Å². The third kappa shape index (κ3) is 3.47. The summed E-state index contributed by atoms with van der Waals surface area (Å²) in [5.41, 5.74) is 0. The quantitative estimate of drug-likeness (QED) is 0.694. The largest absolute Gasteiger partial charge is 0.354 e. The molecule has 0 aromatic rings. The van der Waals surface area contributed by atoms with E-state index in [1.165, 1.54) is 0 Å². The fourth-order valence-electron chi connectivity index (χ4n) is 2.10. The fourth-order valence-corrected chi connectivity index (χ4v) is 2.10. The molecule has 2 unspecified atom stereocenters. The van der Waals surface area contributed by atoms with E-state index in [-0.39, 0.29) is 11.9 Å². The van der Waals surface area contributed by atoms with Crippen molar-refractivity contribution in [1.29, 1.82) is 0 Å². The molecule has 0 bridgehead atoms. The third-order valence-corrected chi connectivity index (χ3v) is 2.82. The number of carbonyl (C=O) groups is 1. The average Bonchev–Trinajstić information content (AvgIpc) is 2.33. The smallest absolute Gasteiger partial charge is 0.238 e. The first-order chi connectivity index (χ1) is 7.19. The van der Waals surface area contributed by atoms with Gasteiger partial charge in [0.2, 0.25) is 5.91 Å². The van der Waals surface area contributed by atoms with Gasteiger partial charge in [-0.1, -0.05) is 13.8 Å². The monoisotopic (exact) mass is 213 g/mol. The number of amides is 1. The van der Waals surface area contributed by atoms with E-state index in [1.54, 1.807) is 0 Å². The molecule has 1 saturated heterocycles. The molecule has 2 N–H and O–H groups in total. The lowest BCUT2D eigenvalue weighted by molar-refractivity contribution is -0.125. The maximum atomic E-state index is 11.8. The van der Waals surface area contributed by atoms with Crippen LogP contribution in [0.3, 0.4) is 0 Å². The summed E-state index contributed by atoms with van der Waals surface area (Å²) < 4.78 is 0. The number of rotatable bonds is 4. The molecule has 0 spiro atoms. The van der Waals surface area contributed by atoms with Crippen LogP contribution in [-0.2, 0) is 4.79 Å². The number of hydrogen-bond acceptors (Lipinski definition) is 3. The van der Waals surface area contributed by atoms with Crippen molar-refractivity contribution in [3.63, 3.8) is 0 Å². The van der Waals surface area contributed by atoms with Crippen LogP contribution >= 0.6 is 0 Å². The summed E-state index contributed by atoms with van der Waals surface area (Å²) in [5, 5.41) is 6.09. The van der Waals surface area contributed by atoms with Gasteiger partial charge in [0, 0.05) is 19.6 Å². The maximum Gasteiger partial charge on any atom is 0.238 e. The fraction of sp³-hybridized carbons (Fsp3) is 0.909. The van der Waals surface area contributed by atoms with Gasteiger partial charge in [0.15, 0.2) is 0 Å². The lowest BCUT2D eigenvalue weighted by Crippen LogP contribution is -2.49. The van der Waals surface area contributed by atoms with Crippen LogP contribution in [0, 0.1) is 5.92 Å². The SMILES string of the molecule is CCCN1CC(C)CNC(=O)C1CNC. The molecule has 1 fully saturated rings. The zero-order chi connectivity index (χ0) is 11.3. The average molecular weight is 213 g/mol. The highest BCUT2D eigenvalue weighted by Gasteiger charge is 2.28.